The van der Waals surface area contributed by atoms with Crippen LogP contribution in [0.2, 0.25) is 0 Å². The molecule has 112 valence electrons. The molecule has 0 amide bonds. The van der Waals surface area contributed by atoms with Crippen LogP contribution in [0.1, 0.15) is 38.8 Å². The molecule has 1 aromatic rings. The van der Waals surface area contributed by atoms with E-state index in [-0.39, 0.29) is 0 Å². The Morgan fingerprint density at radius 3 is 2.85 bits per heavy atom. The number of hydrogen-bond acceptors (Lipinski definition) is 5. The molecule has 1 atom stereocenters. The first kappa shape index (κ1) is 15.2. The van der Waals surface area contributed by atoms with Crippen molar-refractivity contribution >= 4 is 5.82 Å². The van der Waals surface area contributed by atoms with Crippen LogP contribution < -0.4 is 10.2 Å². The number of aromatic nitrogens is 2. The van der Waals surface area contributed by atoms with Gasteiger partial charge in [0, 0.05) is 26.2 Å². The topological polar surface area (TPSA) is 50.3 Å². The van der Waals surface area contributed by atoms with Crippen molar-refractivity contribution in [2.75, 3.05) is 31.1 Å². The van der Waals surface area contributed by atoms with Gasteiger partial charge in [0.2, 0.25) is 0 Å². The summed E-state index contributed by atoms with van der Waals surface area (Å²) in [7, 11) is 0. The Morgan fingerprint density at radius 1 is 1.35 bits per heavy atom. The third kappa shape index (κ3) is 4.42. The molecule has 0 aromatic carbocycles. The van der Waals surface area contributed by atoms with Crippen LogP contribution in [0.3, 0.4) is 0 Å². The fourth-order valence-electron chi connectivity index (χ4n) is 2.41. The van der Waals surface area contributed by atoms with E-state index >= 15 is 0 Å². The van der Waals surface area contributed by atoms with Gasteiger partial charge < -0.3 is 15.0 Å². The highest BCUT2D eigenvalue weighted by atomic mass is 16.5. The summed E-state index contributed by atoms with van der Waals surface area (Å²) in [5.41, 5.74) is 0.996. The van der Waals surface area contributed by atoms with Crippen molar-refractivity contribution in [1.82, 2.24) is 15.3 Å². The van der Waals surface area contributed by atoms with Gasteiger partial charge in [0.1, 0.15) is 5.82 Å². The highest BCUT2D eigenvalue weighted by molar-refractivity contribution is 5.35. The molecule has 1 saturated heterocycles. The largest absolute Gasteiger partial charge is 0.376 e. The fourth-order valence-corrected chi connectivity index (χ4v) is 2.41. The van der Waals surface area contributed by atoms with E-state index in [9.17, 15) is 0 Å². The van der Waals surface area contributed by atoms with Crippen LogP contribution in [0.4, 0.5) is 5.82 Å². The normalized spacial score (nSPS) is 18.4. The second-order valence-electron chi connectivity index (χ2n) is 5.22. The molecule has 0 spiro atoms. The van der Waals surface area contributed by atoms with Gasteiger partial charge in [-0.3, -0.25) is 4.98 Å². The summed E-state index contributed by atoms with van der Waals surface area (Å²) in [6, 6.07) is 0. The van der Waals surface area contributed by atoms with Crippen molar-refractivity contribution in [2.24, 2.45) is 0 Å². The molecule has 1 unspecified atom stereocenters. The van der Waals surface area contributed by atoms with Crippen LogP contribution in [0.15, 0.2) is 12.4 Å². The molecule has 1 aromatic heterocycles. The first-order chi connectivity index (χ1) is 9.83. The number of likely N-dealkylation sites (N-methyl/N-ethyl adjacent to an activating group) is 1. The maximum atomic E-state index is 5.70. The molecular weight excluding hydrogens is 252 g/mol. The molecule has 0 saturated carbocycles. The summed E-state index contributed by atoms with van der Waals surface area (Å²) in [5.74, 6) is 0.947. The second kappa shape index (κ2) is 8.17. The summed E-state index contributed by atoms with van der Waals surface area (Å²) in [4.78, 5) is 11.3. The molecule has 1 aliphatic heterocycles. The molecule has 0 bridgehead atoms. The van der Waals surface area contributed by atoms with Gasteiger partial charge in [-0.05, 0) is 32.7 Å². The molecule has 1 aliphatic rings. The summed E-state index contributed by atoms with van der Waals surface area (Å²) >= 11 is 0. The number of rotatable bonds is 8. The monoisotopic (exact) mass is 278 g/mol. The maximum Gasteiger partial charge on any atom is 0.147 e. The van der Waals surface area contributed by atoms with Gasteiger partial charge in [0.25, 0.3) is 0 Å². The molecule has 5 heteroatoms. The Morgan fingerprint density at radius 2 is 2.25 bits per heavy atom. The van der Waals surface area contributed by atoms with E-state index in [2.05, 4.69) is 34.0 Å². The molecular formula is C15H26N4O. The average Bonchev–Trinajstić information content (AvgIpc) is 2.99. The Hall–Kier alpha value is -1.20. The quantitative estimate of drug-likeness (QED) is 0.737. The number of anilines is 1. The predicted molar refractivity (Wildman–Crippen MR) is 80.9 cm³/mol. The fraction of sp³-hybridized carbons (Fsp3) is 0.733. The molecule has 1 N–H and O–H groups in total. The highest BCUT2D eigenvalue weighted by Gasteiger charge is 2.19. The SMILES string of the molecule is CCCNCc1cnc(N(CC)CC2CCCO2)cn1. The smallest absolute Gasteiger partial charge is 0.147 e. The summed E-state index contributed by atoms with van der Waals surface area (Å²) in [6.07, 6.45) is 7.56. The van der Waals surface area contributed by atoms with E-state index < -0.39 is 0 Å². The zero-order chi connectivity index (χ0) is 14.2. The van der Waals surface area contributed by atoms with Crippen LogP contribution in [-0.2, 0) is 11.3 Å². The lowest BCUT2D eigenvalue weighted by Crippen LogP contribution is -2.32. The molecule has 1 fully saturated rings. The minimum atomic E-state index is 0.350. The first-order valence-electron chi connectivity index (χ1n) is 7.71. The summed E-state index contributed by atoms with van der Waals surface area (Å²) in [6.45, 7) is 8.86. The van der Waals surface area contributed by atoms with Crippen molar-refractivity contribution in [3.63, 3.8) is 0 Å². The molecule has 20 heavy (non-hydrogen) atoms. The van der Waals surface area contributed by atoms with Gasteiger partial charge in [-0.15, -0.1) is 0 Å². The van der Waals surface area contributed by atoms with Gasteiger partial charge in [-0.2, -0.15) is 0 Å². The molecule has 0 radical (unpaired) electrons. The van der Waals surface area contributed by atoms with Crippen LogP contribution in [0.5, 0.6) is 0 Å². The molecule has 0 aliphatic carbocycles. The van der Waals surface area contributed by atoms with Gasteiger partial charge >= 0.3 is 0 Å². The van der Waals surface area contributed by atoms with Crippen molar-refractivity contribution in [3.05, 3.63) is 18.1 Å². The zero-order valence-electron chi connectivity index (χ0n) is 12.6. The third-order valence-electron chi connectivity index (χ3n) is 3.58. The van der Waals surface area contributed by atoms with Crippen LogP contribution in [0.25, 0.3) is 0 Å². The zero-order valence-corrected chi connectivity index (χ0v) is 12.6. The van der Waals surface area contributed by atoms with E-state index in [4.69, 9.17) is 4.74 Å². The van der Waals surface area contributed by atoms with E-state index in [1.807, 2.05) is 12.4 Å². The molecule has 2 rings (SSSR count). The lowest BCUT2D eigenvalue weighted by molar-refractivity contribution is 0.115. The van der Waals surface area contributed by atoms with Gasteiger partial charge in [-0.1, -0.05) is 6.92 Å². The standard InChI is InChI=1S/C15H26N4O/c1-3-7-16-9-13-10-18-15(11-17-13)19(4-2)12-14-6-5-8-20-14/h10-11,14,16H,3-9,12H2,1-2H3. The van der Waals surface area contributed by atoms with Crippen molar-refractivity contribution < 1.29 is 4.74 Å². The average molecular weight is 278 g/mol. The highest BCUT2D eigenvalue weighted by Crippen LogP contribution is 2.16. The van der Waals surface area contributed by atoms with Crippen molar-refractivity contribution in [3.8, 4) is 0 Å². The third-order valence-corrected chi connectivity index (χ3v) is 3.58. The van der Waals surface area contributed by atoms with E-state index in [0.717, 1.165) is 57.1 Å². The van der Waals surface area contributed by atoms with Crippen molar-refractivity contribution in [1.29, 1.82) is 0 Å². The second-order valence-corrected chi connectivity index (χ2v) is 5.22. The van der Waals surface area contributed by atoms with E-state index in [1.54, 1.807) is 0 Å². The van der Waals surface area contributed by atoms with Crippen molar-refractivity contribution in [2.45, 2.75) is 45.8 Å². The molecule has 2 heterocycles. The lowest BCUT2D eigenvalue weighted by Gasteiger charge is -2.24. The van der Waals surface area contributed by atoms with Gasteiger partial charge in [0.15, 0.2) is 0 Å². The molecule has 5 nitrogen and oxygen atoms in total. The van der Waals surface area contributed by atoms with E-state index in [0.29, 0.717) is 6.10 Å². The first-order valence-corrected chi connectivity index (χ1v) is 7.71. The summed E-state index contributed by atoms with van der Waals surface area (Å²) in [5, 5.41) is 3.34. The van der Waals surface area contributed by atoms with E-state index in [1.165, 1.54) is 6.42 Å². The summed E-state index contributed by atoms with van der Waals surface area (Å²) < 4.78 is 5.70. The number of hydrogen-bond donors (Lipinski definition) is 1. The van der Waals surface area contributed by atoms with Gasteiger partial charge in [-0.25, -0.2) is 4.98 Å². The van der Waals surface area contributed by atoms with Crippen LogP contribution in [0, 0.1) is 0 Å². The maximum absolute atomic E-state index is 5.70. The number of ether oxygens (including phenoxy) is 1. The Labute approximate surface area is 121 Å². The minimum absolute atomic E-state index is 0.350. The number of nitrogens with zero attached hydrogens (tertiary/aromatic N) is 3. The van der Waals surface area contributed by atoms with Crippen LogP contribution in [-0.4, -0.2) is 42.3 Å². The predicted octanol–water partition coefficient (Wildman–Crippen LogP) is 1.98. The Balaban J connectivity index is 1.88. The van der Waals surface area contributed by atoms with Crippen LogP contribution >= 0.6 is 0 Å². The Bertz CT molecular complexity index is 376. The number of nitrogens with one attached hydrogen (secondary N) is 1. The Kier molecular flexibility index (Phi) is 6.21. The minimum Gasteiger partial charge on any atom is -0.376 e. The lowest BCUT2D eigenvalue weighted by atomic mass is 10.2. The van der Waals surface area contributed by atoms with Gasteiger partial charge in [0.05, 0.1) is 24.2 Å².